The van der Waals surface area contributed by atoms with Crippen LogP contribution >= 0.6 is 0 Å². The number of likely N-dealkylation sites (tertiary alicyclic amines) is 1. The van der Waals surface area contributed by atoms with Gasteiger partial charge >= 0.3 is 0 Å². The highest BCUT2D eigenvalue weighted by molar-refractivity contribution is 5.97. The Balaban J connectivity index is 1.76. The zero-order valence-electron chi connectivity index (χ0n) is 12.3. The summed E-state index contributed by atoms with van der Waals surface area (Å²) in [7, 11) is 4.02. The molecule has 3 rings (SSSR count). The summed E-state index contributed by atoms with van der Waals surface area (Å²) in [6, 6.07) is 6.25. The maximum absolute atomic E-state index is 11.7. The molecule has 1 amide bonds. The third-order valence-corrected chi connectivity index (χ3v) is 4.36. The number of fused-ring (bicyclic) bond motifs is 1. The van der Waals surface area contributed by atoms with E-state index in [1.807, 2.05) is 13.1 Å². The molecule has 2 heterocycles. The van der Waals surface area contributed by atoms with E-state index >= 15 is 0 Å². The van der Waals surface area contributed by atoms with E-state index in [9.17, 15) is 4.79 Å². The molecule has 1 aromatic carbocycles. The predicted octanol–water partition coefficient (Wildman–Crippen LogP) is 1.93. The predicted molar refractivity (Wildman–Crippen MR) is 79.3 cm³/mol. The fourth-order valence-corrected chi connectivity index (χ4v) is 3.22. The van der Waals surface area contributed by atoms with Crippen molar-refractivity contribution in [2.24, 2.45) is 5.92 Å². The van der Waals surface area contributed by atoms with Crippen LogP contribution < -0.4 is 9.64 Å². The van der Waals surface area contributed by atoms with Gasteiger partial charge in [0.15, 0.2) is 6.61 Å². The number of benzene rings is 1. The summed E-state index contributed by atoms with van der Waals surface area (Å²) in [5, 5.41) is 0. The van der Waals surface area contributed by atoms with E-state index in [4.69, 9.17) is 4.74 Å². The number of likely N-dealkylation sites (N-methyl/N-ethyl adjacent to an activating group) is 1. The fraction of sp³-hybridized carbons (Fsp3) is 0.562. The van der Waals surface area contributed by atoms with Gasteiger partial charge in [-0.05, 0) is 56.5 Å². The summed E-state index contributed by atoms with van der Waals surface area (Å²) in [5.74, 6) is 1.56. The van der Waals surface area contributed by atoms with Gasteiger partial charge < -0.3 is 14.5 Å². The molecule has 0 bridgehead atoms. The largest absolute Gasteiger partial charge is 0.482 e. The third kappa shape index (κ3) is 2.66. The van der Waals surface area contributed by atoms with Crippen LogP contribution in [0.15, 0.2) is 18.2 Å². The molecule has 108 valence electrons. The van der Waals surface area contributed by atoms with E-state index in [-0.39, 0.29) is 12.5 Å². The summed E-state index contributed by atoms with van der Waals surface area (Å²) < 4.78 is 5.47. The summed E-state index contributed by atoms with van der Waals surface area (Å²) >= 11 is 0. The summed E-state index contributed by atoms with van der Waals surface area (Å²) in [6.07, 6.45) is 3.67. The zero-order chi connectivity index (χ0) is 14.1. The van der Waals surface area contributed by atoms with Crippen LogP contribution in [-0.2, 0) is 11.2 Å². The van der Waals surface area contributed by atoms with Gasteiger partial charge in [0.2, 0.25) is 0 Å². The van der Waals surface area contributed by atoms with Crippen LogP contribution in [0.25, 0.3) is 0 Å². The van der Waals surface area contributed by atoms with Gasteiger partial charge in [0, 0.05) is 13.6 Å². The molecule has 20 heavy (non-hydrogen) atoms. The Morgan fingerprint density at radius 3 is 3.00 bits per heavy atom. The Bertz CT molecular complexity index is 515. The Labute approximate surface area is 120 Å². The van der Waals surface area contributed by atoms with Crippen molar-refractivity contribution in [3.63, 3.8) is 0 Å². The van der Waals surface area contributed by atoms with Crippen molar-refractivity contribution >= 4 is 11.6 Å². The van der Waals surface area contributed by atoms with E-state index in [0.29, 0.717) is 0 Å². The first-order valence-electron chi connectivity index (χ1n) is 7.34. The Hall–Kier alpha value is -1.55. The lowest BCUT2D eigenvalue weighted by atomic mass is 9.91. The molecule has 0 N–H and O–H groups in total. The van der Waals surface area contributed by atoms with E-state index < -0.39 is 0 Å². The first-order chi connectivity index (χ1) is 9.63. The Morgan fingerprint density at radius 2 is 2.20 bits per heavy atom. The second kappa shape index (κ2) is 5.44. The van der Waals surface area contributed by atoms with Gasteiger partial charge in [-0.25, -0.2) is 0 Å². The minimum absolute atomic E-state index is 0.0204. The molecule has 0 saturated carbocycles. The molecule has 0 aliphatic carbocycles. The number of hydrogen-bond donors (Lipinski definition) is 0. The Kier molecular flexibility index (Phi) is 3.66. The van der Waals surface area contributed by atoms with Crippen LogP contribution in [0.4, 0.5) is 5.69 Å². The standard InChI is InChI=1S/C16H22N2O2/c1-17-7-3-4-13(10-17)8-12-5-6-15-14(9-12)18(2)16(19)11-20-15/h5-6,9,13H,3-4,7-8,10-11H2,1-2H3. The lowest BCUT2D eigenvalue weighted by Crippen LogP contribution is -2.35. The number of nitrogens with zero attached hydrogens (tertiary/aromatic N) is 2. The van der Waals surface area contributed by atoms with Crippen LogP contribution in [-0.4, -0.2) is 44.6 Å². The molecule has 1 fully saturated rings. The van der Waals surface area contributed by atoms with Crippen molar-refractivity contribution in [1.29, 1.82) is 0 Å². The van der Waals surface area contributed by atoms with Gasteiger partial charge in [-0.2, -0.15) is 0 Å². The quantitative estimate of drug-likeness (QED) is 0.826. The molecule has 0 radical (unpaired) electrons. The second-order valence-corrected chi connectivity index (χ2v) is 6.02. The van der Waals surface area contributed by atoms with Crippen molar-refractivity contribution in [1.82, 2.24) is 4.90 Å². The first kappa shape index (κ1) is 13.4. The monoisotopic (exact) mass is 274 g/mol. The van der Waals surface area contributed by atoms with Gasteiger partial charge in [-0.3, -0.25) is 4.79 Å². The number of carbonyl (C=O) groups excluding carboxylic acids is 1. The molecule has 1 unspecified atom stereocenters. The van der Waals surface area contributed by atoms with Gasteiger partial charge in [-0.15, -0.1) is 0 Å². The molecular weight excluding hydrogens is 252 g/mol. The molecule has 2 aliphatic heterocycles. The van der Waals surface area contributed by atoms with Crippen molar-refractivity contribution in [3.05, 3.63) is 23.8 Å². The van der Waals surface area contributed by atoms with Crippen molar-refractivity contribution in [3.8, 4) is 5.75 Å². The lowest BCUT2D eigenvalue weighted by Gasteiger charge is -2.30. The molecule has 0 spiro atoms. The van der Waals surface area contributed by atoms with Crippen molar-refractivity contribution in [2.45, 2.75) is 19.3 Å². The minimum atomic E-state index is 0.0204. The Morgan fingerprint density at radius 1 is 1.35 bits per heavy atom. The summed E-state index contributed by atoms with van der Waals surface area (Å²) in [4.78, 5) is 15.8. The number of hydrogen-bond acceptors (Lipinski definition) is 3. The molecule has 1 atom stereocenters. The lowest BCUT2D eigenvalue weighted by molar-refractivity contribution is -0.120. The molecule has 1 saturated heterocycles. The van der Waals surface area contributed by atoms with E-state index in [0.717, 1.165) is 23.8 Å². The van der Waals surface area contributed by atoms with Crippen LogP contribution in [0.3, 0.4) is 0 Å². The van der Waals surface area contributed by atoms with Crippen LogP contribution in [0.1, 0.15) is 18.4 Å². The number of rotatable bonds is 2. The normalized spacial score (nSPS) is 23.4. The van der Waals surface area contributed by atoms with Crippen molar-refractivity contribution in [2.75, 3.05) is 38.7 Å². The topological polar surface area (TPSA) is 32.8 Å². The van der Waals surface area contributed by atoms with E-state index in [1.165, 1.54) is 31.5 Å². The highest BCUT2D eigenvalue weighted by Gasteiger charge is 2.23. The molecule has 4 nitrogen and oxygen atoms in total. The van der Waals surface area contributed by atoms with Gasteiger partial charge in [0.1, 0.15) is 5.75 Å². The van der Waals surface area contributed by atoms with E-state index in [2.05, 4.69) is 24.1 Å². The molecule has 0 aromatic heterocycles. The maximum Gasteiger partial charge on any atom is 0.264 e. The summed E-state index contributed by atoms with van der Waals surface area (Å²) in [5.41, 5.74) is 2.21. The van der Waals surface area contributed by atoms with Crippen molar-refractivity contribution < 1.29 is 9.53 Å². The highest BCUT2D eigenvalue weighted by Crippen LogP contribution is 2.33. The minimum Gasteiger partial charge on any atom is -0.482 e. The summed E-state index contributed by atoms with van der Waals surface area (Å²) in [6.45, 7) is 2.53. The van der Waals surface area contributed by atoms with Gasteiger partial charge in [0.05, 0.1) is 5.69 Å². The molecule has 4 heteroatoms. The number of ether oxygens (including phenoxy) is 1. The maximum atomic E-state index is 11.7. The number of anilines is 1. The molecular formula is C16H22N2O2. The third-order valence-electron chi connectivity index (χ3n) is 4.36. The fourth-order valence-electron chi connectivity index (χ4n) is 3.22. The number of amides is 1. The van der Waals surface area contributed by atoms with Gasteiger partial charge in [0.25, 0.3) is 5.91 Å². The average Bonchev–Trinajstić information content (AvgIpc) is 2.43. The van der Waals surface area contributed by atoms with Crippen LogP contribution in [0.5, 0.6) is 5.75 Å². The number of carbonyl (C=O) groups is 1. The number of piperidine rings is 1. The first-order valence-corrected chi connectivity index (χ1v) is 7.34. The second-order valence-electron chi connectivity index (χ2n) is 6.02. The average molecular weight is 274 g/mol. The highest BCUT2D eigenvalue weighted by atomic mass is 16.5. The van der Waals surface area contributed by atoms with E-state index in [1.54, 1.807) is 4.90 Å². The van der Waals surface area contributed by atoms with Crippen LogP contribution in [0, 0.1) is 5.92 Å². The zero-order valence-corrected chi connectivity index (χ0v) is 12.3. The van der Waals surface area contributed by atoms with Gasteiger partial charge in [-0.1, -0.05) is 6.07 Å². The van der Waals surface area contributed by atoms with Crippen LogP contribution in [0.2, 0.25) is 0 Å². The smallest absolute Gasteiger partial charge is 0.264 e. The molecule has 2 aliphatic rings. The molecule has 1 aromatic rings. The SMILES string of the molecule is CN1CCCC(Cc2ccc3c(c2)N(C)C(=O)CO3)C1.